The molecule has 0 aromatic heterocycles. The topological polar surface area (TPSA) is 55.4 Å². The van der Waals surface area contributed by atoms with Gasteiger partial charge in [0.1, 0.15) is 0 Å². The average molecular weight is 283 g/mol. The van der Waals surface area contributed by atoms with E-state index in [1.165, 1.54) is 19.1 Å². The molecule has 1 aliphatic carbocycles. The molecular formula is C14H21NO3S. The highest BCUT2D eigenvalue weighted by Crippen LogP contribution is 2.22. The summed E-state index contributed by atoms with van der Waals surface area (Å²) in [4.78, 5) is 0.343. The van der Waals surface area contributed by atoms with Gasteiger partial charge in [-0.25, -0.2) is 8.42 Å². The zero-order valence-corrected chi connectivity index (χ0v) is 12.1. The van der Waals surface area contributed by atoms with Crippen LogP contribution in [0, 0.1) is 0 Å². The van der Waals surface area contributed by atoms with Crippen LogP contribution in [0.3, 0.4) is 0 Å². The van der Waals surface area contributed by atoms with E-state index in [1.807, 2.05) is 6.07 Å². The third kappa shape index (κ3) is 4.21. The Morgan fingerprint density at radius 3 is 2.63 bits per heavy atom. The van der Waals surface area contributed by atoms with Crippen LogP contribution < -0.4 is 5.32 Å². The summed E-state index contributed by atoms with van der Waals surface area (Å²) in [7, 11) is -3.19. The first-order valence-corrected chi connectivity index (χ1v) is 8.61. The molecule has 0 saturated heterocycles. The van der Waals surface area contributed by atoms with Gasteiger partial charge in [0.05, 0.1) is 23.3 Å². The maximum absolute atomic E-state index is 11.6. The molecule has 5 heteroatoms. The molecule has 0 unspecified atom stereocenters. The normalized spacial score (nSPS) is 16.7. The molecule has 1 aliphatic rings. The molecule has 0 spiro atoms. The van der Waals surface area contributed by atoms with Gasteiger partial charge in [-0.15, -0.1) is 0 Å². The molecule has 1 N–H and O–H groups in total. The van der Waals surface area contributed by atoms with Gasteiger partial charge >= 0.3 is 0 Å². The third-order valence-electron chi connectivity index (χ3n) is 3.36. The van der Waals surface area contributed by atoms with Crippen LogP contribution >= 0.6 is 0 Å². The third-order valence-corrected chi connectivity index (χ3v) is 4.51. The van der Waals surface area contributed by atoms with Crippen LogP contribution in [0.25, 0.3) is 0 Å². The first kappa shape index (κ1) is 14.3. The fraction of sp³-hybridized carbons (Fsp3) is 0.571. The van der Waals surface area contributed by atoms with E-state index in [0.29, 0.717) is 29.8 Å². The maximum atomic E-state index is 11.6. The van der Waals surface area contributed by atoms with Crippen molar-refractivity contribution in [2.24, 2.45) is 0 Å². The Hall–Kier alpha value is -1.07. The molecule has 1 aromatic rings. The highest BCUT2D eigenvalue weighted by molar-refractivity contribution is 7.90. The number of para-hydroxylation sites is 1. The van der Waals surface area contributed by atoms with Crippen molar-refractivity contribution < 1.29 is 13.2 Å². The standard InChI is InChI=1S/C14H21NO3S/c1-19(16,17)14-9-5-4-8-13(14)15-10-11-18-12-6-2-3-7-12/h4-5,8-9,12,15H,2-3,6-7,10-11H2,1H3. The van der Waals surface area contributed by atoms with Crippen LogP contribution in [0.5, 0.6) is 0 Å². The molecule has 19 heavy (non-hydrogen) atoms. The molecule has 0 aliphatic heterocycles. The summed E-state index contributed by atoms with van der Waals surface area (Å²) in [6.07, 6.45) is 6.44. The molecule has 0 amide bonds. The Morgan fingerprint density at radius 1 is 1.26 bits per heavy atom. The first-order chi connectivity index (χ1) is 9.07. The largest absolute Gasteiger partial charge is 0.382 e. The van der Waals surface area contributed by atoms with Crippen molar-refractivity contribution in [2.75, 3.05) is 24.7 Å². The maximum Gasteiger partial charge on any atom is 0.177 e. The van der Waals surface area contributed by atoms with E-state index in [-0.39, 0.29) is 0 Å². The van der Waals surface area contributed by atoms with Crippen LogP contribution in [0.2, 0.25) is 0 Å². The summed E-state index contributed by atoms with van der Waals surface area (Å²) in [5.74, 6) is 0. The summed E-state index contributed by atoms with van der Waals surface area (Å²) in [5, 5.41) is 3.14. The van der Waals surface area contributed by atoms with Gasteiger partial charge < -0.3 is 10.1 Å². The van der Waals surface area contributed by atoms with Crippen molar-refractivity contribution in [3.05, 3.63) is 24.3 Å². The van der Waals surface area contributed by atoms with E-state index in [0.717, 1.165) is 12.8 Å². The second-order valence-corrected chi connectivity index (χ2v) is 6.96. The minimum Gasteiger partial charge on any atom is -0.382 e. The lowest BCUT2D eigenvalue weighted by molar-refractivity contribution is 0.0659. The smallest absolute Gasteiger partial charge is 0.177 e. The van der Waals surface area contributed by atoms with Gasteiger partial charge in [0, 0.05) is 12.8 Å². The Balaban J connectivity index is 1.85. The van der Waals surface area contributed by atoms with Gasteiger partial charge in [0.25, 0.3) is 0 Å². The molecular weight excluding hydrogens is 262 g/mol. The van der Waals surface area contributed by atoms with Gasteiger partial charge in [-0.3, -0.25) is 0 Å². The minimum absolute atomic E-state index is 0.343. The second kappa shape index (κ2) is 6.39. The molecule has 1 fully saturated rings. The molecule has 0 radical (unpaired) electrons. The highest BCUT2D eigenvalue weighted by Gasteiger charge is 2.15. The summed E-state index contributed by atoms with van der Waals surface area (Å²) < 4.78 is 29.0. The zero-order chi connectivity index (χ0) is 13.7. The monoisotopic (exact) mass is 283 g/mol. The molecule has 4 nitrogen and oxygen atoms in total. The van der Waals surface area contributed by atoms with Crippen LogP contribution in [0.15, 0.2) is 29.2 Å². The van der Waals surface area contributed by atoms with Gasteiger partial charge in [0.15, 0.2) is 9.84 Å². The molecule has 2 rings (SSSR count). The van der Waals surface area contributed by atoms with Crippen LogP contribution in [-0.4, -0.2) is 33.9 Å². The number of rotatable bonds is 6. The Morgan fingerprint density at radius 2 is 1.95 bits per heavy atom. The number of benzene rings is 1. The van der Waals surface area contributed by atoms with Gasteiger partial charge in [-0.05, 0) is 25.0 Å². The number of anilines is 1. The highest BCUT2D eigenvalue weighted by atomic mass is 32.2. The number of sulfone groups is 1. The van der Waals surface area contributed by atoms with Crippen LogP contribution in [-0.2, 0) is 14.6 Å². The van der Waals surface area contributed by atoms with E-state index in [4.69, 9.17) is 4.74 Å². The number of ether oxygens (including phenoxy) is 1. The number of hydrogen-bond donors (Lipinski definition) is 1. The fourth-order valence-corrected chi connectivity index (χ4v) is 3.27. The van der Waals surface area contributed by atoms with E-state index >= 15 is 0 Å². The predicted molar refractivity (Wildman–Crippen MR) is 76.2 cm³/mol. The summed E-state index contributed by atoms with van der Waals surface area (Å²) >= 11 is 0. The Labute approximate surface area is 115 Å². The van der Waals surface area contributed by atoms with Crippen molar-refractivity contribution in [1.82, 2.24) is 0 Å². The van der Waals surface area contributed by atoms with Crippen molar-refractivity contribution >= 4 is 15.5 Å². The van der Waals surface area contributed by atoms with Gasteiger partial charge in [-0.2, -0.15) is 0 Å². The summed E-state index contributed by atoms with van der Waals surface area (Å²) in [5.41, 5.74) is 0.653. The molecule has 1 aromatic carbocycles. The van der Waals surface area contributed by atoms with Crippen molar-refractivity contribution in [2.45, 2.75) is 36.7 Å². The average Bonchev–Trinajstić information content (AvgIpc) is 2.87. The van der Waals surface area contributed by atoms with E-state index in [1.54, 1.807) is 18.2 Å². The molecule has 0 atom stereocenters. The Bertz CT molecular complexity index is 507. The van der Waals surface area contributed by atoms with E-state index in [2.05, 4.69) is 5.32 Å². The zero-order valence-electron chi connectivity index (χ0n) is 11.3. The fourth-order valence-electron chi connectivity index (χ4n) is 2.40. The lowest BCUT2D eigenvalue weighted by Crippen LogP contribution is -2.16. The second-order valence-electron chi connectivity index (χ2n) is 4.97. The van der Waals surface area contributed by atoms with Crippen molar-refractivity contribution in [1.29, 1.82) is 0 Å². The Kier molecular flexibility index (Phi) is 4.82. The molecule has 106 valence electrons. The SMILES string of the molecule is CS(=O)(=O)c1ccccc1NCCOC1CCCC1. The summed E-state index contributed by atoms with van der Waals surface area (Å²) in [6, 6.07) is 6.97. The van der Waals surface area contributed by atoms with Crippen molar-refractivity contribution in [3.8, 4) is 0 Å². The molecule has 1 saturated carbocycles. The van der Waals surface area contributed by atoms with Crippen LogP contribution in [0.4, 0.5) is 5.69 Å². The van der Waals surface area contributed by atoms with Crippen molar-refractivity contribution in [3.63, 3.8) is 0 Å². The lowest BCUT2D eigenvalue weighted by atomic mass is 10.3. The predicted octanol–water partition coefficient (Wildman–Crippen LogP) is 2.46. The molecule has 0 bridgehead atoms. The summed E-state index contributed by atoms with van der Waals surface area (Å²) in [6.45, 7) is 1.24. The van der Waals surface area contributed by atoms with Crippen LogP contribution in [0.1, 0.15) is 25.7 Å². The van der Waals surface area contributed by atoms with Gasteiger partial charge in [0.2, 0.25) is 0 Å². The minimum atomic E-state index is -3.19. The van der Waals surface area contributed by atoms with Gasteiger partial charge in [-0.1, -0.05) is 25.0 Å². The number of hydrogen-bond acceptors (Lipinski definition) is 4. The molecule has 0 heterocycles. The van der Waals surface area contributed by atoms with E-state index < -0.39 is 9.84 Å². The quantitative estimate of drug-likeness (QED) is 0.815. The van der Waals surface area contributed by atoms with E-state index in [9.17, 15) is 8.42 Å². The number of nitrogens with one attached hydrogen (secondary N) is 1. The first-order valence-electron chi connectivity index (χ1n) is 6.72. The lowest BCUT2D eigenvalue weighted by Gasteiger charge is -2.13.